The van der Waals surface area contributed by atoms with E-state index in [9.17, 15) is 9.59 Å². The lowest BCUT2D eigenvalue weighted by atomic mass is 9.94. The van der Waals surface area contributed by atoms with Crippen LogP contribution in [0.4, 0.5) is 0 Å². The van der Waals surface area contributed by atoms with Gasteiger partial charge >= 0.3 is 0 Å². The van der Waals surface area contributed by atoms with Crippen LogP contribution in [0.1, 0.15) is 47.3 Å². The van der Waals surface area contributed by atoms with Crippen LogP contribution in [0.5, 0.6) is 5.75 Å². The SMILES string of the molecule is COc1cc2c(cc1C=O)-c1c(-c3cccs3)nc(C(=O)N(C)C(C)(C)C)n1CC2. The summed E-state index contributed by atoms with van der Waals surface area (Å²) in [5, 5.41) is 2.00. The molecule has 0 saturated carbocycles. The number of benzene rings is 1. The van der Waals surface area contributed by atoms with Crippen LogP contribution >= 0.6 is 11.3 Å². The first-order valence-corrected chi connectivity index (χ1v) is 10.7. The van der Waals surface area contributed by atoms with Crippen LogP contribution in [0.25, 0.3) is 21.8 Å². The smallest absolute Gasteiger partial charge is 0.290 e. The standard InChI is InChI=1S/C23H25N3O3S/c1-23(2,3)25(4)22(28)21-24-19(18-7-6-10-30-18)20-16-11-15(13-27)17(29-5)12-14(16)8-9-26(20)21/h6-7,10-13H,8-9H2,1-5H3. The molecular weight excluding hydrogens is 398 g/mol. The zero-order valence-electron chi connectivity index (χ0n) is 17.9. The largest absolute Gasteiger partial charge is 0.496 e. The topological polar surface area (TPSA) is 64.4 Å². The van der Waals surface area contributed by atoms with Crippen LogP contribution in [-0.4, -0.2) is 46.3 Å². The summed E-state index contributed by atoms with van der Waals surface area (Å²) in [6.07, 6.45) is 1.54. The number of hydrogen-bond acceptors (Lipinski definition) is 5. The average Bonchev–Trinajstić information content (AvgIpc) is 3.38. The molecule has 0 fully saturated rings. The number of methoxy groups -OCH3 is 1. The first kappa shape index (κ1) is 20.3. The number of carbonyl (C=O) groups is 2. The van der Waals surface area contributed by atoms with Gasteiger partial charge in [0.25, 0.3) is 5.91 Å². The Morgan fingerprint density at radius 2 is 2.10 bits per heavy atom. The minimum Gasteiger partial charge on any atom is -0.496 e. The van der Waals surface area contributed by atoms with Crippen molar-refractivity contribution in [3.63, 3.8) is 0 Å². The Morgan fingerprint density at radius 3 is 2.70 bits per heavy atom. The lowest BCUT2D eigenvalue weighted by Gasteiger charge is -2.32. The van der Waals surface area contributed by atoms with Gasteiger partial charge in [-0.05, 0) is 56.3 Å². The van der Waals surface area contributed by atoms with Gasteiger partial charge in [0.05, 0.1) is 23.2 Å². The number of carbonyl (C=O) groups excluding carboxylic acids is 2. The molecule has 0 radical (unpaired) electrons. The third kappa shape index (κ3) is 3.23. The Morgan fingerprint density at radius 1 is 1.33 bits per heavy atom. The molecule has 3 heterocycles. The minimum absolute atomic E-state index is 0.112. The number of aromatic nitrogens is 2. The lowest BCUT2D eigenvalue weighted by Crippen LogP contribution is -2.43. The maximum absolute atomic E-state index is 13.4. The van der Waals surface area contributed by atoms with Crippen molar-refractivity contribution in [2.45, 2.75) is 39.3 Å². The number of fused-ring (bicyclic) bond motifs is 3. The molecule has 0 aliphatic carbocycles. The highest BCUT2D eigenvalue weighted by atomic mass is 32.1. The number of ether oxygens (including phenoxy) is 1. The Kier molecular flexibility index (Phi) is 5.02. The fraction of sp³-hybridized carbons (Fsp3) is 0.348. The first-order valence-electron chi connectivity index (χ1n) is 9.85. The van der Waals surface area contributed by atoms with Crippen LogP contribution in [0, 0.1) is 0 Å². The molecule has 2 aromatic heterocycles. The van der Waals surface area contributed by atoms with Crippen molar-refractivity contribution in [2.24, 2.45) is 0 Å². The molecule has 6 nitrogen and oxygen atoms in total. The summed E-state index contributed by atoms with van der Waals surface area (Å²) in [6, 6.07) is 7.76. The van der Waals surface area contributed by atoms with E-state index in [0.29, 0.717) is 23.7 Å². The molecule has 156 valence electrons. The van der Waals surface area contributed by atoms with E-state index >= 15 is 0 Å². The van der Waals surface area contributed by atoms with E-state index in [-0.39, 0.29) is 11.4 Å². The van der Waals surface area contributed by atoms with Crippen molar-refractivity contribution >= 4 is 23.5 Å². The predicted molar refractivity (Wildman–Crippen MR) is 118 cm³/mol. The highest BCUT2D eigenvalue weighted by Crippen LogP contribution is 2.41. The highest BCUT2D eigenvalue weighted by molar-refractivity contribution is 7.13. The summed E-state index contributed by atoms with van der Waals surface area (Å²) < 4.78 is 7.40. The summed E-state index contributed by atoms with van der Waals surface area (Å²) in [6.45, 7) is 6.65. The molecule has 0 spiro atoms. The second kappa shape index (κ2) is 7.40. The third-order valence-electron chi connectivity index (χ3n) is 5.67. The number of rotatable bonds is 4. The van der Waals surface area contributed by atoms with Crippen molar-refractivity contribution in [3.05, 3.63) is 46.6 Å². The second-order valence-corrected chi connectivity index (χ2v) is 9.36. The Balaban J connectivity index is 1.97. The zero-order valence-corrected chi connectivity index (χ0v) is 18.7. The lowest BCUT2D eigenvalue weighted by molar-refractivity contribution is 0.0637. The van der Waals surface area contributed by atoms with Gasteiger partial charge in [-0.15, -0.1) is 11.3 Å². The number of aryl methyl sites for hydroxylation is 1. The van der Waals surface area contributed by atoms with Gasteiger partial charge in [-0.2, -0.15) is 0 Å². The second-order valence-electron chi connectivity index (χ2n) is 8.42. The molecule has 0 N–H and O–H groups in total. The highest BCUT2D eigenvalue weighted by Gasteiger charge is 2.33. The number of amides is 1. The van der Waals surface area contributed by atoms with Gasteiger partial charge in [-0.25, -0.2) is 4.98 Å². The van der Waals surface area contributed by atoms with Gasteiger partial charge in [0.2, 0.25) is 0 Å². The quantitative estimate of drug-likeness (QED) is 0.579. The molecule has 0 saturated heterocycles. The third-order valence-corrected chi connectivity index (χ3v) is 6.54. The fourth-order valence-corrected chi connectivity index (χ4v) is 4.43. The molecule has 0 bridgehead atoms. The summed E-state index contributed by atoms with van der Waals surface area (Å²) in [5.41, 5.74) is 3.84. The van der Waals surface area contributed by atoms with Gasteiger partial charge in [0.15, 0.2) is 12.1 Å². The van der Waals surface area contributed by atoms with Crippen LogP contribution in [-0.2, 0) is 13.0 Å². The zero-order chi connectivity index (χ0) is 21.6. The van der Waals surface area contributed by atoms with Crippen molar-refractivity contribution in [1.29, 1.82) is 0 Å². The summed E-state index contributed by atoms with van der Waals surface area (Å²) in [4.78, 5) is 32.5. The van der Waals surface area contributed by atoms with Crippen molar-refractivity contribution in [2.75, 3.05) is 14.2 Å². The number of hydrogen-bond donors (Lipinski definition) is 0. The molecule has 0 atom stereocenters. The van der Waals surface area contributed by atoms with Crippen LogP contribution in [0.2, 0.25) is 0 Å². The van der Waals surface area contributed by atoms with Crippen molar-refractivity contribution in [1.82, 2.24) is 14.5 Å². The average molecular weight is 424 g/mol. The fourth-order valence-electron chi connectivity index (χ4n) is 3.71. The molecule has 4 rings (SSSR count). The molecule has 30 heavy (non-hydrogen) atoms. The van der Waals surface area contributed by atoms with Gasteiger partial charge < -0.3 is 14.2 Å². The number of nitrogens with zero attached hydrogens (tertiary/aromatic N) is 3. The van der Waals surface area contributed by atoms with E-state index in [4.69, 9.17) is 9.72 Å². The van der Waals surface area contributed by atoms with E-state index < -0.39 is 0 Å². The summed E-state index contributed by atoms with van der Waals surface area (Å²) >= 11 is 1.59. The molecule has 1 aliphatic rings. The van der Waals surface area contributed by atoms with E-state index in [0.717, 1.165) is 40.1 Å². The van der Waals surface area contributed by atoms with Gasteiger partial charge in [0.1, 0.15) is 11.4 Å². The number of thiophene rings is 1. The van der Waals surface area contributed by atoms with Gasteiger partial charge in [-0.1, -0.05) is 6.07 Å². The molecule has 1 aliphatic heterocycles. The Bertz CT molecular complexity index is 1120. The molecular formula is C23H25N3O3S. The Labute approximate surface area is 180 Å². The van der Waals surface area contributed by atoms with E-state index in [2.05, 4.69) is 0 Å². The van der Waals surface area contributed by atoms with Crippen molar-refractivity contribution < 1.29 is 14.3 Å². The van der Waals surface area contributed by atoms with Gasteiger partial charge in [-0.3, -0.25) is 9.59 Å². The predicted octanol–water partition coefficient (Wildman–Crippen LogP) is 4.53. The van der Waals surface area contributed by atoms with Crippen molar-refractivity contribution in [3.8, 4) is 27.6 Å². The number of aldehydes is 1. The number of imidazole rings is 1. The molecule has 7 heteroatoms. The maximum Gasteiger partial charge on any atom is 0.290 e. The van der Waals surface area contributed by atoms with Crippen LogP contribution in [0.15, 0.2) is 29.6 Å². The Hall–Kier alpha value is -2.93. The molecule has 3 aromatic rings. The monoisotopic (exact) mass is 423 g/mol. The van der Waals surface area contributed by atoms with Gasteiger partial charge in [0, 0.05) is 24.7 Å². The molecule has 1 amide bonds. The van der Waals surface area contributed by atoms with E-state index in [1.807, 2.05) is 55.0 Å². The molecule has 1 aromatic carbocycles. The van der Waals surface area contributed by atoms with E-state index in [1.165, 1.54) is 0 Å². The summed E-state index contributed by atoms with van der Waals surface area (Å²) in [7, 11) is 3.37. The first-order chi connectivity index (χ1) is 14.3. The van der Waals surface area contributed by atoms with E-state index in [1.54, 1.807) is 30.4 Å². The van der Waals surface area contributed by atoms with Crippen LogP contribution in [0.3, 0.4) is 0 Å². The molecule has 0 unspecified atom stereocenters. The summed E-state index contributed by atoms with van der Waals surface area (Å²) in [5.74, 6) is 0.886. The maximum atomic E-state index is 13.4. The normalized spacial score (nSPS) is 12.8. The minimum atomic E-state index is -0.322. The van der Waals surface area contributed by atoms with Crippen LogP contribution < -0.4 is 4.74 Å².